The molecule has 0 aromatic carbocycles. The van der Waals surface area contributed by atoms with Gasteiger partial charge in [0.2, 0.25) is 0 Å². The third-order valence-electron chi connectivity index (χ3n) is 2.99. The largest absolute Gasteiger partial charge is 0.310 e. The Bertz CT molecular complexity index is 293. The van der Waals surface area contributed by atoms with E-state index in [9.17, 15) is 0 Å². The first-order chi connectivity index (χ1) is 6.81. The fraction of sp³-hybridized carbons (Fsp3) is 0.636. The second-order valence-electron chi connectivity index (χ2n) is 3.91. The minimum absolute atomic E-state index is 0.619. The van der Waals surface area contributed by atoms with Crippen molar-refractivity contribution in [1.29, 1.82) is 0 Å². The van der Waals surface area contributed by atoms with Crippen LogP contribution in [0, 0.1) is 8.80 Å². The predicted octanol–water partition coefficient (Wildman–Crippen LogP) is 3.80. The van der Waals surface area contributed by atoms with E-state index in [1.54, 1.807) is 0 Å². The van der Waals surface area contributed by atoms with Crippen LogP contribution in [0.3, 0.4) is 0 Å². The van der Waals surface area contributed by atoms with Gasteiger partial charge in [-0.2, -0.15) is 0 Å². The van der Waals surface area contributed by atoms with Gasteiger partial charge < -0.3 is 5.32 Å². The lowest BCUT2D eigenvalue weighted by Crippen LogP contribution is -2.31. The van der Waals surface area contributed by atoms with E-state index in [0.717, 1.165) is 12.5 Å². The summed E-state index contributed by atoms with van der Waals surface area (Å²) in [6.07, 6.45) is 4.24. The van der Waals surface area contributed by atoms with E-state index in [1.165, 1.54) is 27.7 Å². The van der Waals surface area contributed by atoms with Crippen molar-refractivity contribution in [1.82, 2.24) is 5.32 Å². The third kappa shape index (κ3) is 2.31. The van der Waals surface area contributed by atoms with Crippen LogP contribution in [0.4, 0.5) is 0 Å². The number of hydrogen-bond acceptors (Lipinski definition) is 2. The molecule has 0 spiro atoms. The summed E-state index contributed by atoms with van der Waals surface area (Å²) in [5.74, 6) is 0.889. The Morgan fingerprint density at radius 3 is 2.86 bits per heavy atom. The standard InChI is InChI=1S/C11H16INS/c1-2-13-11(8-4-3-5-8)9-6-10(12)14-7-9/h6-8,11,13H,2-5H2,1H3. The Morgan fingerprint density at radius 1 is 1.64 bits per heavy atom. The second kappa shape index (κ2) is 4.94. The average molecular weight is 321 g/mol. The van der Waals surface area contributed by atoms with Crippen LogP contribution in [0.5, 0.6) is 0 Å². The van der Waals surface area contributed by atoms with E-state index in [2.05, 4.69) is 46.3 Å². The molecule has 1 aromatic heterocycles. The Kier molecular flexibility index (Phi) is 3.85. The van der Waals surface area contributed by atoms with Crippen molar-refractivity contribution in [3.05, 3.63) is 19.9 Å². The molecule has 1 nitrogen and oxygen atoms in total. The lowest BCUT2D eigenvalue weighted by molar-refractivity contribution is 0.233. The second-order valence-corrected chi connectivity index (χ2v) is 6.72. The molecule has 1 aliphatic carbocycles. The summed E-state index contributed by atoms with van der Waals surface area (Å²) in [6.45, 7) is 3.27. The molecule has 1 atom stereocenters. The quantitative estimate of drug-likeness (QED) is 0.832. The van der Waals surface area contributed by atoms with Gasteiger partial charge in [0.25, 0.3) is 0 Å². The summed E-state index contributed by atoms with van der Waals surface area (Å²) in [7, 11) is 0. The fourth-order valence-corrected chi connectivity index (χ4v) is 3.44. The van der Waals surface area contributed by atoms with Gasteiger partial charge >= 0.3 is 0 Å². The summed E-state index contributed by atoms with van der Waals surface area (Å²) in [5, 5.41) is 5.93. The van der Waals surface area contributed by atoms with Crippen LogP contribution in [0.2, 0.25) is 0 Å². The van der Waals surface area contributed by atoms with Crippen LogP contribution in [0.15, 0.2) is 11.4 Å². The zero-order valence-electron chi connectivity index (χ0n) is 8.42. The van der Waals surface area contributed by atoms with Crippen LogP contribution < -0.4 is 5.32 Å². The molecular weight excluding hydrogens is 305 g/mol. The molecule has 1 heterocycles. The van der Waals surface area contributed by atoms with E-state index in [4.69, 9.17) is 0 Å². The first-order valence-electron chi connectivity index (χ1n) is 5.28. The number of hydrogen-bond donors (Lipinski definition) is 1. The molecule has 1 aliphatic rings. The van der Waals surface area contributed by atoms with Gasteiger partial charge in [0.1, 0.15) is 0 Å². The molecule has 3 heteroatoms. The molecule has 0 amide bonds. The van der Waals surface area contributed by atoms with E-state index in [1.807, 2.05) is 11.3 Å². The van der Waals surface area contributed by atoms with Crippen molar-refractivity contribution in [3.63, 3.8) is 0 Å². The van der Waals surface area contributed by atoms with Crippen LogP contribution in [0.25, 0.3) is 0 Å². The normalized spacial score (nSPS) is 19.3. The Labute approximate surface area is 103 Å². The highest BCUT2D eigenvalue weighted by molar-refractivity contribution is 14.1. The van der Waals surface area contributed by atoms with E-state index >= 15 is 0 Å². The van der Waals surface area contributed by atoms with Crippen molar-refractivity contribution in [2.75, 3.05) is 6.54 Å². The first-order valence-corrected chi connectivity index (χ1v) is 7.24. The van der Waals surface area contributed by atoms with Gasteiger partial charge in [-0.1, -0.05) is 13.3 Å². The Hall–Kier alpha value is 0.390. The highest BCUT2D eigenvalue weighted by Crippen LogP contribution is 2.38. The van der Waals surface area contributed by atoms with Crippen molar-refractivity contribution >= 4 is 33.9 Å². The third-order valence-corrected chi connectivity index (χ3v) is 4.80. The van der Waals surface area contributed by atoms with Gasteiger partial charge in [0.05, 0.1) is 2.88 Å². The minimum atomic E-state index is 0.619. The molecule has 0 saturated heterocycles. The summed E-state index contributed by atoms with van der Waals surface area (Å²) in [4.78, 5) is 0. The number of thiophene rings is 1. The van der Waals surface area contributed by atoms with Crippen LogP contribution >= 0.6 is 33.9 Å². The molecule has 1 aromatic rings. The number of halogens is 1. The number of rotatable bonds is 4. The fourth-order valence-electron chi connectivity index (χ4n) is 2.04. The minimum Gasteiger partial charge on any atom is -0.310 e. The predicted molar refractivity (Wildman–Crippen MR) is 70.8 cm³/mol. The van der Waals surface area contributed by atoms with Crippen molar-refractivity contribution in [3.8, 4) is 0 Å². The maximum Gasteiger partial charge on any atom is 0.0656 e. The van der Waals surface area contributed by atoms with Crippen molar-refractivity contribution in [2.45, 2.75) is 32.2 Å². The van der Waals surface area contributed by atoms with Crippen molar-refractivity contribution in [2.24, 2.45) is 5.92 Å². The van der Waals surface area contributed by atoms with Gasteiger partial charge in [-0.3, -0.25) is 0 Å². The molecule has 0 radical (unpaired) electrons. The molecule has 1 fully saturated rings. The SMILES string of the molecule is CCNC(c1csc(I)c1)C1CCC1. The Morgan fingerprint density at radius 2 is 2.43 bits per heavy atom. The highest BCUT2D eigenvalue weighted by atomic mass is 127. The highest BCUT2D eigenvalue weighted by Gasteiger charge is 2.28. The molecule has 1 saturated carbocycles. The van der Waals surface area contributed by atoms with Crippen molar-refractivity contribution < 1.29 is 0 Å². The lowest BCUT2D eigenvalue weighted by Gasteiger charge is -2.34. The topological polar surface area (TPSA) is 12.0 Å². The van der Waals surface area contributed by atoms with Gasteiger partial charge in [-0.25, -0.2) is 0 Å². The van der Waals surface area contributed by atoms with Gasteiger partial charge in [-0.15, -0.1) is 11.3 Å². The molecule has 0 aliphatic heterocycles. The average Bonchev–Trinajstić information content (AvgIpc) is 2.48. The summed E-state index contributed by atoms with van der Waals surface area (Å²) < 4.78 is 1.40. The molecule has 14 heavy (non-hydrogen) atoms. The summed E-state index contributed by atoms with van der Waals surface area (Å²) in [6, 6.07) is 2.95. The van der Waals surface area contributed by atoms with Gasteiger partial charge in [0.15, 0.2) is 0 Å². The lowest BCUT2D eigenvalue weighted by atomic mass is 9.78. The molecule has 1 unspecified atom stereocenters. The zero-order valence-corrected chi connectivity index (χ0v) is 11.4. The summed E-state index contributed by atoms with van der Waals surface area (Å²) >= 11 is 4.26. The van der Waals surface area contributed by atoms with Crippen LogP contribution in [-0.4, -0.2) is 6.54 Å². The van der Waals surface area contributed by atoms with Crippen LogP contribution in [0.1, 0.15) is 37.8 Å². The molecular formula is C11H16INS. The Balaban J connectivity index is 2.09. The molecule has 78 valence electrons. The smallest absolute Gasteiger partial charge is 0.0656 e. The van der Waals surface area contributed by atoms with Crippen LogP contribution in [-0.2, 0) is 0 Å². The molecule has 1 N–H and O–H groups in total. The van der Waals surface area contributed by atoms with E-state index in [-0.39, 0.29) is 0 Å². The first kappa shape index (κ1) is 10.9. The van der Waals surface area contributed by atoms with E-state index in [0.29, 0.717) is 6.04 Å². The maximum atomic E-state index is 3.62. The molecule has 0 bridgehead atoms. The zero-order chi connectivity index (χ0) is 9.97. The maximum absolute atomic E-state index is 3.62. The molecule has 2 rings (SSSR count). The van der Waals surface area contributed by atoms with E-state index < -0.39 is 0 Å². The number of nitrogens with one attached hydrogen (secondary N) is 1. The van der Waals surface area contributed by atoms with Gasteiger partial charge in [0, 0.05) is 6.04 Å². The summed E-state index contributed by atoms with van der Waals surface area (Å²) in [5.41, 5.74) is 1.51. The monoisotopic (exact) mass is 321 g/mol. The van der Waals surface area contributed by atoms with Gasteiger partial charge in [-0.05, 0) is 64.9 Å².